The molecule has 1 saturated heterocycles. The van der Waals surface area contributed by atoms with Gasteiger partial charge in [-0.25, -0.2) is 0 Å². The van der Waals surface area contributed by atoms with Crippen molar-refractivity contribution in [2.45, 2.75) is 13.1 Å². The van der Waals surface area contributed by atoms with Crippen molar-refractivity contribution in [1.82, 2.24) is 20.2 Å². The van der Waals surface area contributed by atoms with Gasteiger partial charge in [-0.3, -0.25) is 4.79 Å². The summed E-state index contributed by atoms with van der Waals surface area (Å²) in [6.45, 7) is 4.58. The quantitative estimate of drug-likeness (QED) is 0.599. The monoisotopic (exact) mass is 450 g/mol. The van der Waals surface area contributed by atoms with E-state index in [1.54, 1.807) is 32.3 Å². The molecule has 0 saturated carbocycles. The fourth-order valence-electron chi connectivity index (χ4n) is 3.52. The number of piperazine rings is 1. The molecule has 3 aromatic rings. The van der Waals surface area contributed by atoms with E-state index in [1.807, 2.05) is 17.9 Å². The van der Waals surface area contributed by atoms with Gasteiger partial charge in [-0.15, -0.1) is 0 Å². The predicted molar refractivity (Wildman–Crippen MR) is 108 cm³/mol. The van der Waals surface area contributed by atoms with Crippen LogP contribution in [0.5, 0.6) is 0 Å². The van der Waals surface area contributed by atoms with Crippen LogP contribution in [0.1, 0.15) is 21.9 Å². The van der Waals surface area contributed by atoms with Gasteiger partial charge in [0.1, 0.15) is 0 Å². The summed E-state index contributed by atoms with van der Waals surface area (Å²) in [7, 11) is 3.30. The normalized spacial score (nSPS) is 14.7. The van der Waals surface area contributed by atoms with Gasteiger partial charge >= 0.3 is 12.1 Å². The van der Waals surface area contributed by atoms with Gasteiger partial charge in [-0.05, 0) is 30.7 Å². The minimum absolute atomic E-state index is 0.106. The SMILES string of the molecule is Cc1cc(-c2noc(C(F)(F)F)n2)ccc1N1CCN(c2cc(C(=O)N(C)C)no2)CC1. The third kappa shape index (κ3) is 4.25. The molecule has 1 fully saturated rings. The Kier molecular flexibility index (Phi) is 5.53. The number of benzene rings is 1. The third-order valence-electron chi connectivity index (χ3n) is 5.18. The minimum atomic E-state index is -4.68. The molecule has 0 unspecified atom stereocenters. The molecule has 1 aromatic carbocycles. The van der Waals surface area contributed by atoms with Crippen molar-refractivity contribution < 1.29 is 27.0 Å². The van der Waals surface area contributed by atoms with Crippen LogP contribution in [0.25, 0.3) is 11.4 Å². The zero-order valence-electron chi connectivity index (χ0n) is 17.7. The summed E-state index contributed by atoms with van der Waals surface area (Å²) in [5.41, 5.74) is 2.56. The minimum Gasteiger partial charge on any atom is -0.368 e. The van der Waals surface area contributed by atoms with Gasteiger partial charge < -0.3 is 23.7 Å². The Hall–Kier alpha value is -3.57. The maximum absolute atomic E-state index is 12.7. The largest absolute Gasteiger partial charge is 0.471 e. The van der Waals surface area contributed by atoms with E-state index in [0.29, 0.717) is 37.6 Å². The Bertz CT molecular complexity index is 1120. The smallest absolute Gasteiger partial charge is 0.368 e. The molecule has 3 heterocycles. The van der Waals surface area contributed by atoms with Crippen LogP contribution in [0.2, 0.25) is 0 Å². The summed E-state index contributed by atoms with van der Waals surface area (Å²) in [6, 6.07) is 6.89. The molecule has 0 atom stereocenters. The van der Waals surface area contributed by atoms with E-state index >= 15 is 0 Å². The lowest BCUT2D eigenvalue weighted by Crippen LogP contribution is -2.46. The van der Waals surface area contributed by atoms with Gasteiger partial charge in [0.2, 0.25) is 11.7 Å². The topological polar surface area (TPSA) is 91.7 Å². The Morgan fingerprint density at radius 2 is 1.72 bits per heavy atom. The van der Waals surface area contributed by atoms with Gasteiger partial charge in [-0.2, -0.15) is 18.2 Å². The highest BCUT2D eigenvalue weighted by molar-refractivity contribution is 5.92. The number of nitrogens with zero attached hydrogens (tertiary/aromatic N) is 6. The molecule has 1 aliphatic rings. The summed E-state index contributed by atoms with van der Waals surface area (Å²) < 4.78 is 47.7. The molecular formula is C20H21F3N6O3. The highest BCUT2D eigenvalue weighted by atomic mass is 19.4. The second kappa shape index (κ2) is 8.17. The van der Waals surface area contributed by atoms with Crippen LogP contribution in [0.4, 0.5) is 24.7 Å². The van der Waals surface area contributed by atoms with Gasteiger partial charge in [0.25, 0.3) is 5.91 Å². The molecule has 2 aromatic heterocycles. The number of carbonyl (C=O) groups excluding carboxylic acids is 1. The van der Waals surface area contributed by atoms with Crippen LogP contribution in [-0.4, -0.2) is 66.4 Å². The van der Waals surface area contributed by atoms with Crippen molar-refractivity contribution in [2.24, 2.45) is 0 Å². The first-order valence-electron chi connectivity index (χ1n) is 9.83. The van der Waals surface area contributed by atoms with Crippen LogP contribution < -0.4 is 9.80 Å². The number of hydrogen-bond acceptors (Lipinski definition) is 8. The third-order valence-corrected chi connectivity index (χ3v) is 5.18. The van der Waals surface area contributed by atoms with Crippen molar-refractivity contribution in [2.75, 3.05) is 50.1 Å². The van der Waals surface area contributed by atoms with E-state index < -0.39 is 12.1 Å². The highest BCUT2D eigenvalue weighted by Crippen LogP contribution is 2.31. The number of anilines is 2. The molecule has 4 rings (SSSR count). The Morgan fingerprint density at radius 1 is 1.03 bits per heavy atom. The average molecular weight is 450 g/mol. The van der Waals surface area contributed by atoms with Crippen LogP contribution >= 0.6 is 0 Å². The van der Waals surface area contributed by atoms with Crippen molar-refractivity contribution >= 4 is 17.5 Å². The lowest BCUT2D eigenvalue weighted by molar-refractivity contribution is -0.159. The first-order valence-corrected chi connectivity index (χ1v) is 9.83. The number of hydrogen-bond donors (Lipinski definition) is 0. The predicted octanol–water partition coefficient (Wildman–Crippen LogP) is 3.08. The number of aromatic nitrogens is 3. The molecule has 0 radical (unpaired) electrons. The van der Waals surface area contributed by atoms with Crippen LogP contribution in [0.15, 0.2) is 33.3 Å². The van der Waals surface area contributed by atoms with E-state index in [1.165, 1.54) is 4.90 Å². The summed E-state index contributed by atoms with van der Waals surface area (Å²) in [5.74, 6) is -1.16. The van der Waals surface area contributed by atoms with Gasteiger partial charge in [0.05, 0.1) is 0 Å². The molecule has 0 aliphatic carbocycles. The van der Waals surface area contributed by atoms with E-state index in [9.17, 15) is 18.0 Å². The molecule has 0 spiro atoms. The summed E-state index contributed by atoms with van der Waals surface area (Å²) in [5, 5.41) is 7.28. The van der Waals surface area contributed by atoms with Crippen molar-refractivity contribution in [3.8, 4) is 11.4 Å². The molecular weight excluding hydrogens is 429 g/mol. The number of amides is 1. The molecule has 9 nitrogen and oxygen atoms in total. The van der Waals surface area contributed by atoms with Crippen LogP contribution in [0.3, 0.4) is 0 Å². The molecule has 1 aliphatic heterocycles. The maximum Gasteiger partial charge on any atom is 0.471 e. The molecule has 1 amide bonds. The standard InChI is InChI=1S/C20H21F3N6O3/c1-12-10-13(17-24-19(32-26-17)20(21,22)23)4-5-15(12)28-6-8-29(9-7-28)16-11-14(25-31-16)18(30)27(2)3/h4-5,10-11H,6-9H2,1-3H3. The van der Waals surface area contributed by atoms with Crippen LogP contribution in [-0.2, 0) is 6.18 Å². The summed E-state index contributed by atoms with van der Waals surface area (Å²) >= 11 is 0. The number of aryl methyl sites for hydroxylation is 1. The van der Waals surface area contributed by atoms with Crippen molar-refractivity contribution in [1.29, 1.82) is 0 Å². The second-order valence-corrected chi connectivity index (χ2v) is 7.65. The first kappa shape index (κ1) is 21.7. The molecule has 32 heavy (non-hydrogen) atoms. The second-order valence-electron chi connectivity index (χ2n) is 7.65. The number of rotatable bonds is 4. The highest BCUT2D eigenvalue weighted by Gasteiger charge is 2.38. The zero-order valence-corrected chi connectivity index (χ0v) is 17.7. The Morgan fingerprint density at radius 3 is 2.31 bits per heavy atom. The zero-order chi connectivity index (χ0) is 23.0. The van der Waals surface area contributed by atoms with Crippen molar-refractivity contribution in [3.05, 3.63) is 41.4 Å². The number of halogens is 3. The van der Waals surface area contributed by atoms with Gasteiger partial charge in [0.15, 0.2) is 5.69 Å². The number of carbonyl (C=O) groups is 1. The molecule has 0 bridgehead atoms. The fraction of sp³-hybridized carbons (Fsp3) is 0.400. The van der Waals surface area contributed by atoms with E-state index in [-0.39, 0.29) is 17.4 Å². The van der Waals surface area contributed by atoms with Crippen molar-refractivity contribution in [3.63, 3.8) is 0 Å². The van der Waals surface area contributed by atoms with Gasteiger partial charge in [-0.1, -0.05) is 10.3 Å². The summed E-state index contributed by atoms with van der Waals surface area (Å²) in [6.07, 6.45) is -4.68. The van der Waals surface area contributed by atoms with Crippen LogP contribution in [0, 0.1) is 6.92 Å². The lowest BCUT2D eigenvalue weighted by Gasteiger charge is -2.36. The summed E-state index contributed by atoms with van der Waals surface area (Å²) in [4.78, 5) is 21.1. The number of alkyl halides is 3. The first-order chi connectivity index (χ1) is 15.1. The maximum atomic E-state index is 12.7. The van der Waals surface area contributed by atoms with E-state index in [4.69, 9.17) is 4.52 Å². The Balaban J connectivity index is 1.43. The van der Waals surface area contributed by atoms with E-state index in [2.05, 4.69) is 24.7 Å². The van der Waals surface area contributed by atoms with E-state index in [0.717, 1.165) is 11.3 Å². The average Bonchev–Trinajstić information content (AvgIpc) is 3.43. The lowest BCUT2D eigenvalue weighted by atomic mass is 10.1. The molecule has 170 valence electrons. The fourth-order valence-corrected chi connectivity index (χ4v) is 3.52. The molecule has 12 heteroatoms. The Labute approximate surface area is 181 Å². The van der Waals surface area contributed by atoms with Gasteiger partial charge in [0, 0.05) is 57.6 Å². The molecule has 0 N–H and O–H groups in total.